The summed E-state index contributed by atoms with van der Waals surface area (Å²) in [4.78, 5) is 19.1. The molecule has 3 aromatic heterocycles. The Kier molecular flexibility index (Phi) is 4.68. The van der Waals surface area contributed by atoms with Crippen LogP contribution in [0.5, 0.6) is 0 Å². The van der Waals surface area contributed by atoms with Gasteiger partial charge in [-0.05, 0) is 24.5 Å². The van der Waals surface area contributed by atoms with Crippen LogP contribution in [0.15, 0.2) is 30.7 Å². The highest BCUT2D eigenvalue weighted by Gasteiger charge is 2.26. The summed E-state index contributed by atoms with van der Waals surface area (Å²) in [5, 5.41) is 5.53. The molecule has 0 radical (unpaired) electrons. The molecule has 0 aromatic carbocycles. The Morgan fingerprint density at radius 2 is 1.86 bits per heavy atom. The van der Waals surface area contributed by atoms with Crippen LogP contribution in [0.1, 0.15) is 43.0 Å². The molecule has 0 N–H and O–H groups in total. The van der Waals surface area contributed by atoms with E-state index in [1.807, 2.05) is 36.4 Å². The number of nitrogens with zero attached hydrogens (tertiary/aromatic N) is 7. The molecule has 0 unspecified atom stereocenters. The Hall–Kier alpha value is -2.54. The summed E-state index contributed by atoms with van der Waals surface area (Å²) in [6.07, 6.45) is 10.7. The molecule has 1 saturated carbocycles. The first-order chi connectivity index (χ1) is 13.8. The van der Waals surface area contributed by atoms with Crippen LogP contribution in [0.4, 0.5) is 5.82 Å². The van der Waals surface area contributed by atoms with Gasteiger partial charge in [0.25, 0.3) is 0 Å². The third kappa shape index (κ3) is 3.35. The van der Waals surface area contributed by atoms with Gasteiger partial charge >= 0.3 is 0 Å². The highest BCUT2D eigenvalue weighted by atomic mass is 15.3. The van der Waals surface area contributed by atoms with Gasteiger partial charge in [0, 0.05) is 58.1 Å². The summed E-state index contributed by atoms with van der Waals surface area (Å²) in [6, 6.07) is 4.16. The predicted molar refractivity (Wildman–Crippen MR) is 109 cm³/mol. The lowest BCUT2D eigenvalue weighted by Crippen LogP contribution is -2.46. The number of hydrogen-bond donors (Lipinski definition) is 0. The molecule has 0 bridgehead atoms. The van der Waals surface area contributed by atoms with E-state index in [-0.39, 0.29) is 0 Å². The van der Waals surface area contributed by atoms with Crippen LogP contribution in [-0.4, -0.2) is 55.8 Å². The van der Waals surface area contributed by atoms with Crippen molar-refractivity contribution in [3.63, 3.8) is 0 Å². The van der Waals surface area contributed by atoms with Gasteiger partial charge in [-0.25, -0.2) is 9.97 Å². The van der Waals surface area contributed by atoms with Gasteiger partial charge < -0.3 is 4.90 Å². The molecule has 1 saturated heterocycles. The van der Waals surface area contributed by atoms with Gasteiger partial charge in [-0.2, -0.15) is 5.10 Å². The van der Waals surface area contributed by atoms with Gasteiger partial charge in [0.1, 0.15) is 11.6 Å². The standard InChI is InChI=1S/C21H27N7/c1-26-20-18(14-23-26)21(25-19(24-20)17-6-2-3-7-17)28-11-9-27(10-12-28)15-16-5-4-8-22-13-16/h4-5,8,13-14,17H,2-3,6-7,9-12,15H2,1H3. The molecule has 28 heavy (non-hydrogen) atoms. The molecule has 5 rings (SSSR count). The summed E-state index contributed by atoms with van der Waals surface area (Å²) in [5.41, 5.74) is 2.24. The summed E-state index contributed by atoms with van der Waals surface area (Å²) >= 11 is 0. The molecule has 7 heteroatoms. The van der Waals surface area contributed by atoms with Crippen molar-refractivity contribution < 1.29 is 0 Å². The van der Waals surface area contributed by atoms with Crippen LogP contribution in [0, 0.1) is 0 Å². The van der Waals surface area contributed by atoms with Gasteiger partial charge in [-0.3, -0.25) is 14.6 Å². The van der Waals surface area contributed by atoms with Crippen molar-refractivity contribution in [2.24, 2.45) is 7.05 Å². The van der Waals surface area contributed by atoms with Gasteiger partial charge in [-0.15, -0.1) is 0 Å². The summed E-state index contributed by atoms with van der Waals surface area (Å²) in [6.45, 7) is 4.97. The van der Waals surface area contributed by atoms with Crippen LogP contribution in [0.25, 0.3) is 11.0 Å². The Morgan fingerprint density at radius 1 is 1.04 bits per heavy atom. The molecule has 2 fully saturated rings. The third-order valence-corrected chi connectivity index (χ3v) is 6.11. The highest BCUT2D eigenvalue weighted by molar-refractivity contribution is 5.87. The van der Waals surface area contributed by atoms with Crippen LogP contribution in [0.2, 0.25) is 0 Å². The zero-order chi connectivity index (χ0) is 18.9. The first-order valence-electron chi connectivity index (χ1n) is 10.3. The number of rotatable bonds is 4. The third-order valence-electron chi connectivity index (χ3n) is 6.11. The average Bonchev–Trinajstić information content (AvgIpc) is 3.39. The first kappa shape index (κ1) is 17.6. The number of anilines is 1. The number of fused-ring (bicyclic) bond motifs is 1. The van der Waals surface area contributed by atoms with Gasteiger partial charge in [0.2, 0.25) is 0 Å². The summed E-state index contributed by atoms with van der Waals surface area (Å²) in [7, 11) is 1.98. The molecule has 146 valence electrons. The predicted octanol–water partition coefficient (Wildman–Crippen LogP) is 2.74. The maximum Gasteiger partial charge on any atom is 0.163 e. The molecule has 1 aliphatic heterocycles. The SMILES string of the molecule is Cn1ncc2c(N3CCN(Cc4cccnc4)CC3)nc(C3CCCC3)nc21. The van der Waals surface area contributed by atoms with Crippen LogP contribution in [-0.2, 0) is 13.6 Å². The minimum Gasteiger partial charge on any atom is -0.353 e. The summed E-state index contributed by atoms with van der Waals surface area (Å²) < 4.78 is 1.89. The zero-order valence-corrected chi connectivity index (χ0v) is 16.5. The maximum atomic E-state index is 5.06. The fraction of sp³-hybridized carbons (Fsp3) is 0.524. The quantitative estimate of drug-likeness (QED) is 0.697. The molecule has 3 aromatic rings. The van der Waals surface area contributed by atoms with Crippen molar-refractivity contribution in [2.75, 3.05) is 31.1 Å². The lowest BCUT2D eigenvalue weighted by atomic mass is 10.1. The Bertz CT molecular complexity index is 938. The van der Waals surface area contributed by atoms with Crippen molar-refractivity contribution >= 4 is 16.9 Å². The Balaban J connectivity index is 1.37. The number of hydrogen-bond acceptors (Lipinski definition) is 6. The largest absolute Gasteiger partial charge is 0.353 e. The Labute approximate surface area is 165 Å². The fourth-order valence-electron chi connectivity index (χ4n) is 4.50. The minimum absolute atomic E-state index is 0.505. The first-order valence-corrected chi connectivity index (χ1v) is 10.3. The molecule has 2 aliphatic rings. The van der Waals surface area contributed by atoms with Crippen molar-refractivity contribution in [2.45, 2.75) is 38.1 Å². The van der Waals surface area contributed by atoms with E-state index in [2.05, 4.69) is 25.9 Å². The minimum atomic E-state index is 0.505. The molecular weight excluding hydrogens is 350 g/mol. The van der Waals surface area contributed by atoms with E-state index in [9.17, 15) is 0 Å². The van der Waals surface area contributed by atoms with E-state index in [1.165, 1.54) is 31.2 Å². The molecule has 1 aliphatic carbocycles. The molecular formula is C21H27N7. The molecule has 7 nitrogen and oxygen atoms in total. The monoisotopic (exact) mass is 377 g/mol. The van der Waals surface area contributed by atoms with Gasteiger partial charge in [0.05, 0.1) is 11.6 Å². The van der Waals surface area contributed by atoms with Crippen molar-refractivity contribution in [1.29, 1.82) is 0 Å². The van der Waals surface area contributed by atoms with E-state index in [4.69, 9.17) is 9.97 Å². The van der Waals surface area contributed by atoms with Crippen molar-refractivity contribution in [3.05, 3.63) is 42.1 Å². The normalized spacial score (nSPS) is 19.0. The molecule has 0 spiro atoms. The average molecular weight is 377 g/mol. The van der Waals surface area contributed by atoms with Crippen molar-refractivity contribution in [1.82, 2.24) is 29.6 Å². The van der Waals surface area contributed by atoms with E-state index < -0.39 is 0 Å². The number of pyridine rings is 1. The lowest BCUT2D eigenvalue weighted by molar-refractivity contribution is 0.249. The van der Waals surface area contributed by atoms with E-state index >= 15 is 0 Å². The van der Waals surface area contributed by atoms with E-state index in [1.54, 1.807) is 0 Å². The fourth-order valence-corrected chi connectivity index (χ4v) is 4.50. The smallest absolute Gasteiger partial charge is 0.163 e. The van der Waals surface area contributed by atoms with Gasteiger partial charge in [-0.1, -0.05) is 18.9 Å². The Morgan fingerprint density at radius 3 is 2.61 bits per heavy atom. The summed E-state index contributed by atoms with van der Waals surface area (Å²) in [5.74, 6) is 2.59. The second kappa shape index (κ2) is 7.47. The van der Waals surface area contributed by atoms with Gasteiger partial charge in [0.15, 0.2) is 5.65 Å². The highest BCUT2D eigenvalue weighted by Crippen LogP contribution is 2.35. The maximum absolute atomic E-state index is 5.06. The number of piperazine rings is 1. The van der Waals surface area contributed by atoms with Crippen LogP contribution < -0.4 is 4.90 Å². The lowest BCUT2D eigenvalue weighted by Gasteiger charge is -2.35. The van der Waals surface area contributed by atoms with Crippen molar-refractivity contribution in [3.8, 4) is 0 Å². The van der Waals surface area contributed by atoms with E-state index in [0.717, 1.165) is 55.4 Å². The van der Waals surface area contributed by atoms with Crippen LogP contribution >= 0.6 is 0 Å². The number of aryl methyl sites for hydroxylation is 1. The second-order valence-corrected chi connectivity index (χ2v) is 8.02. The van der Waals surface area contributed by atoms with Crippen LogP contribution in [0.3, 0.4) is 0 Å². The number of aromatic nitrogens is 5. The topological polar surface area (TPSA) is 63.0 Å². The van der Waals surface area contributed by atoms with E-state index in [0.29, 0.717) is 5.92 Å². The molecule has 0 atom stereocenters. The molecule has 4 heterocycles. The molecule has 0 amide bonds. The second-order valence-electron chi connectivity index (χ2n) is 8.02. The zero-order valence-electron chi connectivity index (χ0n) is 16.5.